The van der Waals surface area contributed by atoms with Crippen molar-refractivity contribution in [1.82, 2.24) is 0 Å². The Labute approximate surface area is 70.2 Å². The first-order chi connectivity index (χ1) is 5.36. The van der Waals surface area contributed by atoms with Crippen LogP contribution < -0.4 is 11.1 Å². The molecule has 0 saturated heterocycles. The molecule has 0 bridgehead atoms. The smallest absolute Gasteiger partial charge is 0.0499 e. The second-order valence-corrected chi connectivity index (χ2v) is 3.67. The minimum absolute atomic E-state index is 0.832. The van der Waals surface area contributed by atoms with E-state index in [1.54, 1.807) is 0 Å². The number of hydrogen-bond donors (Lipinski definition) is 2. The monoisotopic (exact) mass is 166 g/mol. The van der Waals surface area contributed by atoms with Crippen molar-refractivity contribution < 1.29 is 0 Å². The molecular formula is C8H10N2S. The molecule has 0 atom stereocenters. The number of benzene rings is 1. The first-order valence-electron chi connectivity index (χ1n) is 3.62. The number of nitrogens with one attached hydrogen (secondary N) is 1. The van der Waals surface area contributed by atoms with Gasteiger partial charge >= 0.3 is 0 Å². The van der Waals surface area contributed by atoms with E-state index in [1.807, 2.05) is 23.9 Å². The van der Waals surface area contributed by atoms with Gasteiger partial charge in [-0.1, -0.05) is 0 Å². The summed E-state index contributed by atoms with van der Waals surface area (Å²) in [6.45, 7) is 1.04. The van der Waals surface area contributed by atoms with Gasteiger partial charge in [0, 0.05) is 28.6 Å². The van der Waals surface area contributed by atoms with E-state index in [-0.39, 0.29) is 0 Å². The van der Waals surface area contributed by atoms with Crippen molar-refractivity contribution in [2.24, 2.45) is 0 Å². The van der Waals surface area contributed by atoms with Crippen molar-refractivity contribution in [3.63, 3.8) is 0 Å². The molecular weight excluding hydrogens is 156 g/mol. The van der Waals surface area contributed by atoms with Gasteiger partial charge in [-0.15, -0.1) is 11.8 Å². The first kappa shape index (κ1) is 6.85. The molecule has 1 aromatic rings. The highest BCUT2D eigenvalue weighted by atomic mass is 32.2. The summed E-state index contributed by atoms with van der Waals surface area (Å²) in [6, 6.07) is 6.00. The fourth-order valence-corrected chi connectivity index (χ4v) is 2.03. The van der Waals surface area contributed by atoms with Gasteiger partial charge in [0.2, 0.25) is 0 Å². The third-order valence-corrected chi connectivity index (χ3v) is 2.75. The highest BCUT2D eigenvalue weighted by Gasteiger charge is 2.07. The molecule has 0 spiro atoms. The SMILES string of the molecule is Nc1ccc2c(c1)NCCS2. The van der Waals surface area contributed by atoms with Crippen LogP contribution in [0.25, 0.3) is 0 Å². The van der Waals surface area contributed by atoms with E-state index in [4.69, 9.17) is 5.73 Å². The van der Waals surface area contributed by atoms with Gasteiger partial charge in [-0.25, -0.2) is 0 Å². The molecule has 1 aromatic carbocycles. The van der Waals surface area contributed by atoms with Crippen LogP contribution in [0.4, 0.5) is 11.4 Å². The van der Waals surface area contributed by atoms with E-state index >= 15 is 0 Å². The van der Waals surface area contributed by atoms with Crippen LogP contribution >= 0.6 is 11.8 Å². The van der Waals surface area contributed by atoms with Crippen LogP contribution in [0.15, 0.2) is 23.1 Å². The summed E-state index contributed by atoms with van der Waals surface area (Å²) in [6.07, 6.45) is 0. The second kappa shape index (κ2) is 2.66. The van der Waals surface area contributed by atoms with Crippen molar-refractivity contribution in [1.29, 1.82) is 0 Å². The van der Waals surface area contributed by atoms with Crippen molar-refractivity contribution in [3.8, 4) is 0 Å². The largest absolute Gasteiger partial charge is 0.399 e. The van der Waals surface area contributed by atoms with E-state index in [9.17, 15) is 0 Å². The number of fused-ring (bicyclic) bond motifs is 1. The molecule has 1 aliphatic rings. The number of nitrogen functional groups attached to an aromatic ring is 1. The highest BCUT2D eigenvalue weighted by molar-refractivity contribution is 7.99. The van der Waals surface area contributed by atoms with Crippen LogP contribution in [0.2, 0.25) is 0 Å². The van der Waals surface area contributed by atoms with Gasteiger partial charge in [0.05, 0.1) is 0 Å². The zero-order chi connectivity index (χ0) is 7.68. The summed E-state index contributed by atoms with van der Waals surface area (Å²) in [5.74, 6) is 1.15. The molecule has 1 aliphatic heterocycles. The summed E-state index contributed by atoms with van der Waals surface area (Å²) in [5, 5.41) is 3.30. The number of hydrogen-bond acceptors (Lipinski definition) is 3. The maximum atomic E-state index is 5.63. The van der Waals surface area contributed by atoms with Crippen molar-refractivity contribution in [2.75, 3.05) is 23.3 Å². The minimum atomic E-state index is 0.832. The molecule has 0 amide bonds. The number of thioether (sulfide) groups is 1. The Morgan fingerprint density at radius 1 is 1.45 bits per heavy atom. The van der Waals surface area contributed by atoms with E-state index in [0.717, 1.165) is 18.0 Å². The summed E-state index contributed by atoms with van der Waals surface area (Å²) in [5.41, 5.74) is 7.65. The van der Waals surface area contributed by atoms with E-state index in [0.29, 0.717) is 0 Å². The van der Waals surface area contributed by atoms with Gasteiger partial charge < -0.3 is 11.1 Å². The maximum absolute atomic E-state index is 5.63. The molecule has 11 heavy (non-hydrogen) atoms. The Kier molecular flexibility index (Phi) is 1.66. The van der Waals surface area contributed by atoms with Gasteiger partial charge in [0.1, 0.15) is 0 Å². The molecule has 2 nitrogen and oxygen atoms in total. The van der Waals surface area contributed by atoms with Crippen LogP contribution in [-0.2, 0) is 0 Å². The molecule has 3 N–H and O–H groups in total. The van der Waals surface area contributed by atoms with E-state index in [1.165, 1.54) is 10.6 Å². The third kappa shape index (κ3) is 1.28. The van der Waals surface area contributed by atoms with Crippen LogP contribution in [0.1, 0.15) is 0 Å². The fraction of sp³-hybridized carbons (Fsp3) is 0.250. The predicted octanol–water partition coefficient (Wildman–Crippen LogP) is 1.79. The summed E-state index contributed by atoms with van der Waals surface area (Å²) in [4.78, 5) is 1.31. The predicted molar refractivity (Wildman–Crippen MR) is 50.1 cm³/mol. The summed E-state index contributed by atoms with van der Waals surface area (Å²) < 4.78 is 0. The number of nitrogens with two attached hydrogens (primary N) is 1. The van der Waals surface area contributed by atoms with Crippen molar-refractivity contribution in [2.45, 2.75) is 4.90 Å². The lowest BCUT2D eigenvalue weighted by Gasteiger charge is -2.17. The van der Waals surface area contributed by atoms with Crippen LogP contribution in [0.5, 0.6) is 0 Å². The second-order valence-electron chi connectivity index (χ2n) is 2.53. The van der Waals surface area contributed by atoms with Gasteiger partial charge in [-0.05, 0) is 18.2 Å². The first-order valence-corrected chi connectivity index (χ1v) is 4.61. The molecule has 3 heteroatoms. The normalized spacial score (nSPS) is 15.3. The van der Waals surface area contributed by atoms with E-state index < -0.39 is 0 Å². The third-order valence-electron chi connectivity index (χ3n) is 1.68. The Balaban J connectivity index is 2.43. The average molecular weight is 166 g/mol. The van der Waals surface area contributed by atoms with Crippen molar-refractivity contribution >= 4 is 23.1 Å². The average Bonchev–Trinajstić information content (AvgIpc) is 2.04. The van der Waals surface area contributed by atoms with Crippen molar-refractivity contribution in [3.05, 3.63) is 18.2 Å². The number of anilines is 2. The Hall–Kier alpha value is -0.830. The standard InChI is InChI=1S/C8H10N2S/c9-6-1-2-8-7(5-6)10-3-4-11-8/h1-2,5,10H,3-4,9H2. The lowest BCUT2D eigenvalue weighted by atomic mass is 10.3. The molecule has 0 aliphatic carbocycles. The molecule has 0 unspecified atom stereocenters. The van der Waals surface area contributed by atoms with Gasteiger partial charge in [0.15, 0.2) is 0 Å². The van der Waals surface area contributed by atoms with Crippen LogP contribution in [0, 0.1) is 0 Å². The molecule has 0 saturated carbocycles. The summed E-state index contributed by atoms with van der Waals surface area (Å²) in [7, 11) is 0. The van der Waals surface area contributed by atoms with Gasteiger partial charge in [-0.2, -0.15) is 0 Å². The molecule has 0 fully saturated rings. The van der Waals surface area contributed by atoms with Gasteiger partial charge in [0.25, 0.3) is 0 Å². The molecule has 1 heterocycles. The topological polar surface area (TPSA) is 38.0 Å². The zero-order valence-corrected chi connectivity index (χ0v) is 6.95. The Morgan fingerprint density at radius 3 is 3.27 bits per heavy atom. The van der Waals surface area contributed by atoms with E-state index in [2.05, 4.69) is 11.4 Å². The Bertz CT molecular complexity index is 273. The quantitative estimate of drug-likeness (QED) is 0.577. The maximum Gasteiger partial charge on any atom is 0.0499 e. The van der Waals surface area contributed by atoms with Crippen LogP contribution in [-0.4, -0.2) is 12.3 Å². The molecule has 0 radical (unpaired) electrons. The number of rotatable bonds is 0. The van der Waals surface area contributed by atoms with Gasteiger partial charge in [-0.3, -0.25) is 0 Å². The minimum Gasteiger partial charge on any atom is -0.399 e. The molecule has 2 rings (SSSR count). The Morgan fingerprint density at radius 2 is 2.36 bits per heavy atom. The zero-order valence-electron chi connectivity index (χ0n) is 6.13. The fourth-order valence-electron chi connectivity index (χ4n) is 1.16. The molecule has 0 aromatic heterocycles. The molecule has 58 valence electrons. The van der Waals surface area contributed by atoms with Crippen LogP contribution in [0.3, 0.4) is 0 Å². The lowest BCUT2D eigenvalue weighted by molar-refractivity contribution is 1.17. The summed E-state index contributed by atoms with van der Waals surface area (Å²) >= 11 is 1.88. The highest BCUT2D eigenvalue weighted by Crippen LogP contribution is 2.31. The lowest BCUT2D eigenvalue weighted by Crippen LogP contribution is -2.10.